The molecule has 36 heavy (non-hydrogen) atoms. The van der Waals surface area contributed by atoms with Crippen molar-refractivity contribution in [2.75, 3.05) is 20.3 Å². The van der Waals surface area contributed by atoms with Crippen LogP contribution in [-0.4, -0.2) is 45.7 Å². The van der Waals surface area contributed by atoms with Gasteiger partial charge in [-0.3, -0.25) is 9.59 Å². The Morgan fingerprint density at radius 2 is 1.92 bits per heavy atom. The molecular weight excluding hydrogens is 488 g/mol. The minimum absolute atomic E-state index is 0.00721. The zero-order chi connectivity index (χ0) is 25.8. The van der Waals surface area contributed by atoms with Crippen molar-refractivity contribution < 1.29 is 18.3 Å². The average Bonchev–Trinajstić information content (AvgIpc) is 2.87. The van der Waals surface area contributed by atoms with Crippen LogP contribution in [0.5, 0.6) is 0 Å². The molecular formula is C25H29F2N5O3S. The molecule has 0 unspecified atom stereocenters. The Hall–Kier alpha value is -3.18. The Morgan fingerprint density at radius 1 is 1.11 bits per heavy atom. The lowest BCUT2D eigenvalue weighted by Gasteiger charge is -2.14. The summed E-state index contributed by atoms with van der Waals surface area (Å²) in [7, 11) is 1.58. The van der Waals surface area contributed by atoms with Crippen molar-refractivity contribution in [3.8, 4) is 0 Å². The van der Waals surface area contributed by atoms with Gasteiger partial charge in [-0.05, 0) is 36.1 Å². The van der Waals surface area contributed by atoms with Gasteiger partial charge in [-0.2, -0.15) is 4.98 Å². The van der Waals surface area contributed by atoms with Gasteiger partial charge >= 0.3 is 0 Å². The SMILES string of the molecule is COCCNC(=O)CCCCCn1cc(Cc2cncnc2)c(=O)nc1SCc1ccc(F)c(F)c1. The number of unbranched alkanes of at least 4 members (excludes halogenated alkanes) is 2. The number of hydrogen-bond donors (Lipinski definition) is 1. The van der Waals surface area contributed by atoms with E-state index in [-0.39, 0.29) is 11.5 Å². The number of ether oxygens (including phenoxy) is 1. The molecule has 0 aliphatic carbocycles. The monoisotopic (exact) mass is 517 g/mol. The van der Waals surface area contributed by atoms with Crippen molar-refractivity contribution in [2.45, 2.75) is 49.6 Å². The van der Waals surface area contributed by atoms with Gasteiger partial charge in [0.05, 0.1) is 6.61 Å². The molecule has 0 aliphatic rings. The summed E-state index contributed by atoms with van der Waals surface area (Å²) in [4.78, 5) is 36.8. The van der Waals surface area contributed by atoms with Gasteiger partial charge in [-0.15, -0.1) is 0 Å². The molecule has 0 atom stereocenters. The lowest BCUT2D eigenvalue weighted by atomic mass is 10.1. The molecule has 1 aromatic carbocycles. The van der Waals surface area contributed by atoms with Gasteiger partial charge in [0.15, 0.2) is 16.8 Å². The second-order valence-corrected chi connectivity index (χ2v) is 9.10. The Kier molecular flexibility index (Phi) is 11.0. The number of thioether (sulfide) groups is 1. The number of carbonyl (C=O) groups excluding carboxylic acids is 1. The molecule has 0 aliphatic heterocycles. The predicted molar refractivity (Wildman–Crippen MR) is 133 cm³/mol. The summed E-state index contributed by atoms with van der Waals surface area (Å²) < 4.78 is 33.7. The molecule has 11 heteroatoms. The maximum atomic E-state index is 13.6. The normalized spacial score (nSPS) is 11.0. The fourth-order valence-electron chi connectivity index (χ4n) is 3.46. The minimum atomic E-state index is -0.912. The largest absolute Gasteiger partial charge is 0.383 e. The molecule has 0 fully saturated rings. The Morgan fingerprint density at radius 3 is 2.67 bits per heavy atom. The molecule has 2 aromatic heterocycles. The summed E-state index contributed by atoms with van der Waals surface area (Å²) in [6.07, 6.45) is 9.63. The number of methoxy groups -OCH3 is 1. The Balaban J connectivity index is 1.66. The molecule has 1 amide bonds. The van der Waals surface area contributed by atoms with E-state index in [0.29, 0.717) is 54.6 Å². The lowest BCUT2D eigenvalue weighted by Crippen LogP contribution is -2.26. The van der Waals surface area contributed by atoms with Gasteiger partial charge < -0.3 is 14.6 Å². The summed E-state index contributed by atoms with van der Waals surface area (Å²) in [5.41, 5.74) is 1.55. The van der Waals surface area contributed by atoms with E-state index in [9.17, 15) is 18.4 Å². The van der Waals surface area contributed by atoms with Crippen LogP contribution in [0.4, 0.5) is 8.78 Å². The van der Waals surface area contributed by atoms with E-state index >= 15 is 0 Å². The lowest BCUT2D eigenvalue weighted by molar-refractivity contribution is -0.121. The molecule has 0 radical (unpaired) electrons. The first-order valence-electron chi connectivity index (χ1n) is 11.6. The first kappa shape index (κ1) is 27.4. The predicted octanol–water partition coefficient (Wildman–Crippen LogP) is 3.52. The van der Waals surface area contributed by atoms with E-state index in [1.54, 1.807) is 25.7 Å². The van der Waals surface area contributed by atoms with E-state index in [2.05, 4.69) is 20.3 Å². The molecule has 0 saturated heterocycles. The van der Waals surface area contributed by atoms with Crippen molar-refractivity contribution in [1.29, 1.82) is 0 Å². The second-order valence-electron chi connectivity index (χ2n) is 8.16. The fourth-order valence-corrected chi connectivity index (χ4v) is 4.39. The van der Waals surface area contributed by atoms with Crippen LogP contribution in [0.15, 0.2) is 53.1 Å². The van der Waals surface area contributed by atoms with Crippen LogP contribution >= 0.6 is 11.8 Å². The number of nitrogens with zero attached hydrogens (tertiary/aromatic N) is 4. The summed E-state index contributed by atoms with van der Waals surface area (Å²) >= 11 is 1.29. The van der Waals surface area contributed by atoms with Gasteiger partial charge in [0.1, 0.15) is 6.33 Å². The summed E-state index contributed by atoms with van der Waals surface area (Å²) in [5.74, 6) is -1.49. The molecule has 0 spiro atoms. The average molecular weight is 518 g/mol. The van der Waals surface area contributed by atoms with Crippen LogP contribution in [0, 0.1) is 11.6 Å². The summed E-state index contributed by atoms with van der Waals surface area (Å²) in [5, 5.41) is 3.30. The zero-order valence-corrected chi connectivity index (χ0v) is 20.9. The first-order chi connectivity index (χ1) is 17.5. The van der Waals surface area contributed by atoms with Gasteiger partial charge in [0.2, 0.25) is 5.91 Å². The molecule has 2 heterocycles. The standard InChI is InChI=1S/C25H29F2N5O3S/c1-35-10-8-30-23(33)5-3-2-4-9-32-15-20(11-19-13-28-17-29-14-19)24(34)31-25(32)36-16-18-6-7-21(26)22(27)12-18/h6-7,12-15,17H,2-5,8-11,16H2,1H3,(H,30,33). The number of hydrogen-bond acceptors (Lipinski definition) is 7. The van der Waals surface area contributed by atoms with Crippen molar-refractivity contribution in [3.05, 3.63) is 81.8 Å². The highest BCUT2D eigenvalue weighted by Gasteiger charge is 2.12. The first-order valence-corrected chi connectivity index (χ1v) is 12.6. The number of nitrogens with one attached hydrogen (secondary N) is 1. The van der Waals surface area contributed by atoms with E-state index in [1.807, 2.05) is 4.57 Å². The maximum Gasteiger partial charge on any atom is 0.277 e. The number of halogens is 2. The number of rotatable bonds is 14. The number of amides is 1. The third-order valence-electron chi connectivity index (χ3n) is 5.32. The molecule has 3 rings (SSSR count). The van der Waals surface area contributed by atoms with Gasteiger partial charge in [-0.25, -0.2) is 18.7 Å². The van der Waals surface area contributed by atoms with Gasteiger partial charge in [-0.1, -0.05) is 24.2 Å². The van der Waals surface area contributed by atoms with Crippen LogP contribution in [0.1, 0.15) is 42.4 Å². The third kappa shape index (κ3) is 8.80. The van der Waals surface area contributed by atoms with E-state index in [4.69, 9.17) is 4.74 Å². The highest BCUT2D eigenvalue weighted by atomic mass is 32.2. The second kappa shape index (κ2) is 14.4. The number of benzene rings is 1. The summed E-state index contributed by atoms with van der Waals surface area (Å²) in [6.45, 7) is 1.57. The fraction of sp³-hybridized carbons (Fsp3) is 0.400. The highest BCUT2D eigenvalue weighted by molar-refractivity contribution is 7.98. The molecule has 0 saturated carbocycles. The topological polar surface area (TPSA) is 99.0 Å². The van der Waals surface area contributed by atoms with Crippen LogP contribution in [0.25, 0.3) is 0 Å². The highest BCUT2D eigenvalue weighted by Crippen LogP contribution is 2.22. The van der Waals surface area contributed by atoms with Crippen molar-refractivity contribution in [3.63, 3.8) is 0 Å². The zero-order valence-electron chi connectivity index (χ0n) is 20.1. The molecule has 3 aromatic rings. The quantitative estimate of drug-likeness (QED) is 0.198. The van der Waals surface area contributed by atoms with Crippen molar-refractivity contribution in [1.82, 2.24) is 24.8 Å². The van der Waals surface area contributed by atoms with E-state index < -0.39 is 11.6 Å². The van der Waals surface area contributed by atoms with E-state index in [1.165, 1.54) is 24.2 Å². The Bertz CT molecular complexity index is 1190. The van der Waals surface area contributed by atoms with Crippen LogP contribution in [0.3, 0.4) is 0 Å². The third-order valence-corrected chi connectivity index (χ3v) is 6.38. The molecule has 1 N–H and O–H groups in total. The van der Waals surface area contributed by atoms with E-state index in [0.717, 1.165) is 37.0 Å². The van der Waals surface area contributed by atoms with Gasteiger partial charge in [0, 0.05) is 62.9 Å². The smallest absolute Gasteiger partial charge is 0.277 e. The summed E-state index contributed by atoms with van der Waals surface area (Å²) in [6, 6.07) is 3.74. The Labute approximate surface area is 212 Å². The van der Waals surface area contributed by atoms with Gasteiger partial charge in [0.25, 0.3) is 5.56 Å². The minimum Gasteiger partial charge on any atom is -0.383 e. The van der Waals surface area contributed by atoms with Crippen LogP contribution in [-0.2, 0) is 28.2 Å². The number of carbonyl (C=O) groups is 1. The number of aromatic nitrogens is 4. The molecule has 8 nitrogen and oxygen atoms in total. The number of aryl methyl sites for hydroxylation is 1. The van der Waals surface area contributed by atoms with Crippen LogP contribution < -0.4 is 10.9 Å². The molecule has 192 valence electrons. The maximum absolute atomic E-state index is 13.6. The van der Waals surface area contributed by atoms with Crippen molar-refractivity contribution in [2.24, 2.45) is 0 Å². The van der Waals surface area contributed by atoms with Crippen LogP contribution in [0.2, 0.25) is 0 Å². The van der Waals surface area contributed by atoms with Crippen molar-refractivity contribution >= 4 is 17.7 Å². The molecule has 0 bridgehead atoms.